The molecule has 0 atom stereocenters. The Hall–Kier alpha value is -5.36. The molecular formula is C36H30O6. The quantitative estimate of drug-likeness (QED) is 0.147. The minimum atomic E-state index is -0.379. The van der Waals surface area contributed by atoms with E-state index in [4.69, 9.17) is 18.9 Å². The van der Waals surface area contributed by atoms with Crippen molar-refractivity contribution in [2.75, 3.05) is 0 Å². The summed E-state index contributed by atoms with van der Waals surface area (Å²) < 4.78 is 22.6. The molecule has 0 amide bonds. The smallest absolute Gasteiger partial charge is 0.338 e. The van der Waals surface area contributed by atoms with E-state index in [1.807, 2.05) is 84.9 Å². The van der Waals surface area contributed by atoms with Crippen molar-refractivity contribution >= 4 is 11.9 Å². The van der Waals surface area contributed by atoms with Crippen LogP contribution < -0.4 is 9.47 Å². The van der Waals surface area contributed by atoms with Crippen LogP contribution in [0.5, 0.6) is 11.5 Å². The van der Waals surface area contributed by atoms with Crippen molar-refractivity contribution in [1.29, 1.82) is 0 Å². The molecule has 0 spiro atoms. The van der Waals surface area contributed by atoms with Crippen molar-refractivity contribution in [3.63, 3.8) is 0 Å². The lowest BCUT2D eigenvalue weighted by Crippen LogP contribution is -2.05. The second-order valence-corrected chi connectivity index (χ2v) is 9.57. The van der Waals surface area contributed by atoms with Gasteiger partial charge in [-0.25, -0.2) is 9.59 Å². The van der Waals surface area contributed by atoms with Gasteiger partial charge in [0, 0.05) is 0 Å². The lowest BCUT2D eigenvalue weighted by Gasteiger charge is -2.10. The van der Waals surface area contributed by atoms with Crippen LogP contribution in [0.1, 0.15) is 43.0 Å². The van der Waals surface area contributed by atoms with Gasteiger partial charge in [-0.1, -0.05) is 78.9 Å². The first-order valence-electron chi connectivity index (χ1n) is 13.6. The van der Waals surface area contributed by atoms with Crippen molar-refractivity contribution in [3.05, 3.63) is 167 Å². The maximum Gasteiger partial charge on any atom is 0.338 e. The Labute approximate surface area is 245 Å². The lowest BCUT2D eigenvalue weighted by atomic mass is 10.1. The van der Waals surface area contributed by atoms with Gasteiger partial charge in [0.05, 0.1) is 11.1 Å². The van der Waals surface area contributed by atoms with Crippen molar-refractivity contribution in [2.45, 2.75) is 26.4 Å². The summed E-state index contributed by atoms with van der Waals surface area (Å²) in [5, 5.41) is 0. The first kappa shape index (κ1) is 28.2. The predicted molar refractivity (Wildman–Crippen MR) is 159 cm³/mol. The Balaban J connectivity index is 1.06. The molecule has 5 aromatic carbocycles. The normalized spacial score (nSPS) is 10.5. The van der Waals surface area contributed by atoms with E-state index >= 15 is 0 Å². The fourth-order valence-corrected chi connectivity index (χ4v) is 4.13. The second kappa shape index (κ2) is 14.3. The summed E-state index contributed by atoms with van der Waals surface area (Å²) in [6.07, 6.45) is 0. The topological polar surface area (TPSA) is 71.1 Å². The molecular weight excluding hydrogens is 528 g/mol. The number of ether oxygens (including phenoxy) is 4. The molecule has 0 N–H and O–H groups in total. The Morgan fingerprint density at radius 1 is 0.405 bits per heavy atom. The largest absolute Gasteiger partial charge is 0.489 e. The van der Waals surface area contributed by atoms with E-state index < -0.39 is 0 Å². The maximum atomic E-state index is 12.3. The molecule has 42 heavy (non-hydrogen) atoms. The second-order valence-electron chi connectivity index (χ2n) is 9.57. The van der Waals surface area contributed by atoms with Crippen LogP contribution in [-0.4, -0.2) is 11.9 Å². The molecule has 0 bridgehead atoms. The van der Waals surface area contributed by atoms with Crippen LogP contribution in [0.2, 0.25) is 0 Å². The molecule has 0 aliphatic heterocycles. The van der Waals surface area contributed by atoms with Crippen molar-refractivity contribution < 1.29 is 28.5 Å². The summed E-state index contributed by atoms with van der Waals surface area (Å²) in [7, 11) is 0. The first-order valence-corrected chi connectivity index (χ1v) is 13.6. The van der Waals surface area contributed by atoms with E-state index in [1.165, 1.54) is 0 Å². The summed E-state index contributed by atoms with van der Waals surface area (Å²) in [4.78, 5) is 24.7. The van der Waals surface area contributed by atoms with Crippen LogP contribution in [0.15, 0.2) is 133 Å². The van der Waals surface area contributed by atoms with Gasteiger partial charge in [0.2, 0.25) is 0 Å². The van der Waals surface area contributed by atoms with Gasteiger partial charge in [0.1, 0.15) is 37.9 Å². The van der Waals surface area contributed by atoms with Crippen LogP contribution in [0.25, 0.3) is 0 Å². The van der Waals surface area contributed by atoms with Gasteiger partial charge >= 0.3 is 11.9 Å². The number of carbonyl (C=O) groups excluding carboxylic acids is 2. The third-order valence-electron chi connectivity index (χ3n) is 6.41. The molecule has 0 saturated carbocycles. The molecule has 5 aromatic rings. The van der Waals surface area contributed by atoms with Crippen LogP contribution >= 0.6 is 0 Å². The molecule has 0 radical (unpaired) electrons. The minimum Gasteiger partial charge on any atom is -0.489 e. The van der Waals surface area contributed by atoms with Crippen LogP contribution in [0.4, 0.5) is 0 Å². The summed E-state index contributed by atoms with van der Waals surface area (Å²) in [5.74, 6) is 0.545. The fourth-order valence-electron chi connectivity index (χ4n) is 4.13. The van der Waals surface area contributed by atoms with E-state index in [0.717, 1.165) is 22.3 Å². The van der Waals surface area contributed by atoms with Gasteiger partial charge in [-0.2, -0.15) is 0 Å². The highest BCUT2D eigenvalue weighted by molar-refractivity contribution is 5.90. The van der Waals surface area contributed by atoms with E-state index in [9.17, 15) is 9.59 Å². The number of benzene rings is 5. The Morgan fingerprint density at radius 3 is 1.19 bits per heavy atom. The first-order chi connectivity index (χ1) is 20.6. The Morgan fingerprint density at radius 2 is 0.786 bits per heavy atom. The molecule has 5 rings (SSSR count). The van der Waals surface area contributed by atoms with Crippen LogP contribution in [-0.2, 0) is 35.9 Å². The molecule has 6 nitrogen and oxygen atoms in total. The highest BCUT2D eigenvalue weighted by Gasteiger charge is 2.09. The third kappa shape index (κ3) is 8.32. The number of hydrogen-bond acceptors (Lipinski definition) is 6. The number of rotatable bonds is 12. The van der Waals surface area contributed by atoms with Gasteiger partial charge in [-0.3, -0.25) is 0 Å². The molecule has 0 aromatic heterocycles. The SMILES string of the molecule is O=C(OCc1ccccc1)c1ccc(OCc2cccc(COc3ccc(C(=O)OCc4ccccc4)cc3)c2)cc1. The highest BCUT2D eigenvalue weighted by atomic mass is 16.5. The molecule has 0 unspecified atom stereocenters. The summed E-state index contributed by atoms with van der Waals surface area (Å²) in [6.45, 7) is 1.19. The predicted octanol–water partition coefficient (Wildman–Crippen LogP) is 7.56. The van der Waals surface area contributed by atoms with Crippen molar-refractivity contribution in [1.82, 2.24) is 0 Å². The zero-order valence-corrected chi connectivity index (χ0v) is 23.0. The third-order valence-corrected chi connectivity index (χ3v) is 6.41. The Bertz CT molecular complexity index is 1460. The van der Waals surface area contributed by atoms with Gasteiger partial charge in [0.15, 0.2) is 0 Å². The summed E-state index contributed by atoms with van der Waals surface area (Å²) in [5.41, 5.74) is 4.78. The van der Waals surface area contributed by atoms with Gasteiger partial charge in [-0.15, -0.1) is 0 Å². The zero-order chi connectivity index (χ0) is 29.0. The molecule has 0 saturated heterocycles. The van der Waals surface area contributed by atoms with Gasteiger partial charge < -0.3 is 18.9 Å². The van der Waals surface area contributed by atoms with E-state index in [2.05, 4.69) is 0 Å². The molecule has 6 heteroatoms. The van der Waals surface area contributed by atoms with E-state index in [0.29, 0.717) is 35.8 Å². The van der Waals surface area contributed by atoms with E-state index in [1.54, 1.807) is 48.5 Å². The molecule has 0 heterocycles. The molecule has 0 fully saturated rings. The average molecular weight is 559 g/mol. The maximum absolute atomic E-state index is 12.3. The molecule has 0 aliphatic carbocycles. The highest BCUT2D eigenvalue weighted by Crippen LogP contribution is 2.18. The van der Waals surface area contributed by atoms with Gasteiger partial charge in [0.25, 0.3) is 0 Å². The number of hydrogen-bond donors (Lipinski definition) is 0. The van der Waals surface area contributed by atoms with Crippen LogP contribution in [0, 0.1) is 0 Å². The number of carbonyl (C=O) groups is 2. The minimum absolute atomic E-state index is 0.229. The standard InChI is InChI=1S/C36H30O6/c37-35(41-23-27-8-3-1-4-9-27)31-14-18-33(19-15-31)39-25-29-12-7-13-30(22-29)26-40-34-20-16-32(17-21-34)36(38)42-24-28-10-5-2-6-11-28/h1-22H,23-26H2. The number of esters is 2. The summed E-state index contributed by atoms with van der Waals surface area (Å²) >= 11 is 0. The van der Waals surface area contributed by atoms with E-state index in [-0.39, 0.29) is 25.2 Å². The Kier molecular flexibility index (Phi) is 9.61. The van der Waals surface area contributed by atoms with Crippen LogP contribution in [0.3, 0.4) is 0 Å². The monoisotopic (exact) mass is 558 g/mol. The lowest BCUT2D eigenvalue weighted by molar-refractivity contribution is 0.0464. The zero-order valence-electron chi connectivity index (χ0n) is 23.0. The van der Waals surface area contributed by atoms with Crippen molar-refractivity contribution in [3.8, 4) is 11.5 Å². The van der Waals surface area contributed by atoms with Gasteiger partial charge in [-0.05, 0) is 76.9 Å². The molecule has 0 aliphatic rings. The summed E-state index contributed by atoms with van der Waals surface area (Å²) in [6, 6.07) is 40.9. The van der Waals surface area contributed by atoms with Crippen molar-refractivity contribution in [2.24, 2.45) is 0 Å². The average Bonchev–Trinajstić information content (AvgIpc) is 3.06. The molecule has 210 valence electrons. The fraction of sp³-hybridized carbons (Fsp3) is 0.111.